The first kappa shape index (κ1) is 20.3. The van der Waals surface area contributed by atoms with Gasteiger partial charge in [0.05, 0.1) is 0 Å². The van der Waals surface area contributed by atoms with Crippen molar-refractivity contribution in [1.82, 2.24) is 9.80 Å². The number of likely N-dealkylation sites (N-methyl/N-ethyl adjacent to an activating group) is 1. The normalized spacial score (nSPS) is 17.1. The molecular formula is C24H28N2O4. The van der Waals surface area contributed by atoms with Crippen LogP contribution in [0, 0.1) is 5.92 Å². The van der Waals surface area contributed by atoms with Gasteiger partial charge in [0.15, 0.2) is 11.5 Å². The lowest BCUT2D eigenvalue weighted by Crippen LogP contribution is -2.52. The quantitative estimate of drug-likeness (QED) is 0.761. The Hall–Kier alpha value is -3.02. The van der Waals surface area contributed by atoms with Gasteiger partial charge in [-0.1, -0.05) is 44.2 Å². The third kappa shape index (κ3) is 4.13. The Balaban J connectivity index is 1.54. The van der Waals surface area contributed by atoms with Crippen LogP contribution in [0.15, 0.2) is 42.5 Å². The van der Waals surface area contributed by atoms with Gasteiger partial charge in [0.2, 0.25) is 18.6 Å². The predicted molar refractivity (Wildman–Crippen MR) is 113 cm³/mol. The van der Waals surface area contributed by atoms with Gasteiger partial charge < -0.3 is 19.3 Å². The maximum Gasteiger partial charge on any atom is 0.245 e. The number of nitrogens with zero attached hydrogens (tertiary/aromatic N) is 2. The highest BCUT2D eigenvalue weighted by atomic mass is 16.7. The molecule has 2 heterocycles. The van der Waals surface area contributed by atoms with Crippen molar-refractivity contribution in [2.75, 3.05) is 13.8 Å². The summed E-state index contributed by atoms with van der Waals surface area (Å²) in [4.78, 5) is 29.9. The lowest BCUT2D eigenvalue weighted by molar-refractivity contribution is -0.147. The van der Waals surface area contributed by atoms with Crippen molar-refractivity contribution in [3.05, 3.63) is 59.2 Å². The number of benzene rings is 2. The second-order valence-corrected chi connectivity index (χ2v) is 8.49. The zero-order valence-corrected chi connectivity index (χ0v) is 17.8. The van der Waals surface area contributed by atoms with Gasteiger partial charge in [-0.2, -0.15) is 0 Å². The van der Waals surface area contributed by atoms with Crippen molar-refractivity contribution >= 4 is 11.8 Å². The van der Waals surface area contributed by atoms with Crippen molar-refractivity contribution in [2.24, 2.45) is 5.92 Å². The fraction of sp³-hybridized carbons (Fsp3) is 0.417. The van der Waals surface area contributed by atoms with Crippen LogP contribution >= 0.6 is 0 Å². The Labute approximate surface area is 177 Å². The monoisotopic (exact) mass is 408 g/mol. The van der Waals surface area contributed by atoms with Gasteiger partial charge in [-0.25, -0.2) is 0 Å². The number of fused-ring (bicyclic) bond motifs is 2. The van der Waals surface area contributed by atoms with Gasteiger partial charge in [0.25, 0.3) is 0 Å². The highest BCUT2D eigenvalue weighted by Crippen LogP contribution is 2.33. The Morgan fingerprint density at radius 2 is 1.83 bits per heavy atom. The number of hydrogen-bond donors (Lipinski definition) is 0. The molecule has 0 bridgehead atoms. The Morgan fingerprint density at radius 1 is 1.10 bits per heavy atom. The summed E-state index contributed by atoms with van der Waals surface area (Å²) in [6.07, 6.45) is 0.988. The Kier molecular flexibility index (Phi) is 5.66. The minimum absolute atomic E-state index is 0.0364. The molecule has 0 spiro atoms. The average Bonchev–Trinajstić information content (AvgIpc) is 3.19. The standard InChI is InChI=1S/C24H28N2O4/c1-16(2)10-23(27)26-14-19-7-5-4-6-18(19)12-20(26)24(28)25(3)13-17-8-9-21-22(11-17)30-15-29-21/h4-9,11,16,20H,10,12-15H2,1-3H3. The van der Waals surface area contributed by atoms with Gasteiger partial charge in [-0.3, -0.25) is 9.59 Å². The van der Waals surface area contributed by atoms with E-state index < -0.39 is 6.04 Å². The molecule has 158 valence electrons. The fourth-order valence-electron chi connectivity index (χ4n) is 4.12. The maximum atomic E-state index is 13.4. The molecule has 4 rings (SSSR count). The van der Waals surface area contributed by atoms with Gasteiger partial charge >= 0.3 is 0 Å². The van der Waals surface area contributed by atoms with Gasteiger partial charge in [-0.15, -0.1) is 0 Å². The topological polar surface area (TPSA) is 59.1 Å². The molecule has 0 aliphatic carbocycles. The van der Waals surface area contributed by atoms with Gasteiger partial charge in [0, 0.05) is 33.0 Å². The van der Waals surface area contributed by atoms with E-state index in [2.05, 4.69) is 6.07 Å². The summed E-state index contributed by atoms with van der Waals surface area (Å²) in [6.45, 7) is 5.20. The fourth-order valence-corrected chi connectivity index (χ4v) is 4.12. The van der Waals surface area contributed by atoms with Crippen molar-refractivity contribution < 1.29 is 19.1 Å². The van der Waals surface area contributed by atoms with E-state index in [-0.39, 0.29) is 24.5 Å². The number of carbonyl (C=O) groups excluding carboxylic acids is 2. The SMILES string of the molecule is CC(C)CC(=O)N1Cc2ccccc2CC1C(=O)N(C)Cc1ccc2c(c1)OCO2. The van der Waals surface area contributed by atoms with Crippen LogP contribution in [0.25, 0.3) is 0 Å². The largest absolute Gasteiger partial charge is 0.454 e. The van der Waals surface area contributed by atoms with E-state index in [4.69, 9.17) is 9.47 Å². The van der Waals surface area contributed by atoms with Crippen LogP contribution in [0.1, 0.15) is 37.0 Å². The van der Waals surface area contributed by atoms with Gasteiger partial charge in [-0.05, 0) is 34.7 Å². The summed E-state index contributed by atoms with van der Waals surface area (Å²) in [5.41, 5.74) is 3.23. The van der Waals surface area contributed by atoms with Crippen LogP contribution in [0.4, 0.5) is 0 Å². The summed E-state index contributed by atoms with van der Waals surface area (Å²) in [5, 5.41) is 0. The van der Waals surface area contributed by atoms with E-state index in [0.29, 0.717) is 31.7 Å². The molecule has 0 aromatic heterocycles. The van der Waals surface area contributed by atoms with Gasteiger partial charge in [0.1, 0.15) is 6.04 Å². The van der Waals surface area contributed by atoms with Crippen LogP contribution in [0.5, 0.6) is 11.5 Å². The molecular weight excluding hydrogens is 380 g/mol. The van der Waals surface area contributed by atoms with Crippen LogP contribution in [-0.2, 0) is 29.1 Å². The number of rotatable bonds is 5. The van der Waals surface area contributed by atoms with Crippen molar-refractivity contribution in [1.29, 1.82) is 0 Å². The highest BCUT2D eigenvalue weighted by molar-refractivity contribution is 5.88. The number of ether oxygens (including phenoxy) is 2. The molecule has 0 saturated heterocycles. The number of carbonyl (C=O) groups is 2. The van der Waals surface area contributed by atoms with Crippen molar-refractivity contribution in [2.45, 2.75) is 45.8 Å². The summed E-state index contributed by atoms with van der Waals surface area (Å²) < 4.78 is 10.8. The molecule has 1 atom stereocenters. The van der Waals surface area contributed by atoms with E-state index in [1.807, 2.05) is 50.2 Å². The first-order chi connectivity index (χ1) is 14.4. The Bertz CT molecular complexity index is 956. The number of amides is 2. The van der Waals surface area contributed by atoms with E-state index in [0.717, 1.165) is 22.4 Å². The second kappa shape index (κ2) is 8.38. The maximum absolute atomic E-state index is 13.4. The van der Waals surface area contributed by atoms with E-state index in [9.17, 15) is 9.59 Å². The van der Waals surface area contributed by atoms with E-state index in [1.165, 1.54) is 0 Å². The highest BCUT2D eigenvalue weighted by Gasteiger charge is 2.36. The molecule has 0 saturated carbocycles. The first-order valence-electron chi connectivity index (χ1n) is 10.4. The molecule has 2 aromatic carbocycles. The second-order valence-electron chi connectivity index (χ2n) is 8.49. The molecule has 1 unspecified atom stereocenters. The predicted octanol–water partition coefficient (Wildman–Crippen LogP) is 3.37. The van der Waals surface area contributed by atoms with Crippen molar-refractivity contribution in [3.63, 3.8) is 0 Å². The summed E-state index contributed by atoms with van der Waals surface area (Å²) in [7, 11) is 1.79. The van der Waals surface area contributed by atoms with Crippen LogP contribution in [-0.4, -0.2) is 41.5 Å². The lowest BCUT2D eigenvalue weighted by Gasteiger charge is -2.38. The van der Waals surface area contributed by atoms with Crippen molar-refractivity contribution in [3.8, 4) is 11.5 Å². The summed E-state index contributed by atoms with van der Waals surface area (Å²) >= 11 is 0. The van der Waals surface area contributed by atoms with Crippen LogP contribution in [0.3, 0.4) is 0 Å². The minimum atomic E-state index is -0.481. The molecule has 2 aliphatic heterocycles. The first-order valence-corrected chi connectivity index (χ1v) is 10.4. The molecule has 2 aliphatic rings. The zero-order valence-electron chi connectivity index (χ0n) is 17.8. The molecule has 2 aromatic rings. The smallest absolute Gasteiger partial charge is 0.245 e. The molecule has 0 radical (unpaired) electrons. The average molecular weight is 408 g/mol. The molecule has 0 fully saturated rings. The third-order valence-corrected chi connectivity index (χ3v) is 5.67. The van der Waals surface area contributed by atoms with Crippen LogP contribution < -0.4 is 9.47 Å². The zero-order chi connectivity index (χ0) is 21.3. The third-order valence-electron chi connectivity index (χ3n) is 5.67. The molecule has 6 nitrogen and oxygen atoms in total. The summed E-state index contributed by atoms with van der Waals surface area (Å²) in [6, 6.07) is 13.3. The van der Waals surface area contributed by atoms with E-state index >= 15 is 0 Å². The molecule has 0 N–H and O–H groups in total. The molecule has 30 heavy (non-hydrogen) atoms. The minimum Gasteiger partial charge on any atom is -0.454 e. The van der Waals surface area contributed by atoms with Crippen LogP contribution in [0.2, 0.25) is 0 Å². The van der Waals surface area contributed by atoms with E-state index in [1.54, 1.807) is 16.8 Å². The number of hydrogen-bond acceptors (Lipinski definition) is 4. The molecule has 6 heteroatoms. The lowest BCUT2D eigenvalue weighted by atomic mass is 9.92. The summed E-state index contributed by atoms with van der Waals surface area (Å²) in [5.74, 6) is 1.67. The Morgan fingerprint density at radius 3 is 2.60 bits per heavy atom. The molecule has 2 amide bonds.